The highest BCUT2D eigenvalue weighted by Gasteiger charge is 2.55. The minimum atomic E-state index is -4.70. The first-order valence-electron chi connectivity index (χ1n) is 15.0. The zero-order valence-corrected chi connectivity index (χ0v) is 31.4. The van der Waals surface area contributed by atoms with Crippen molar-refractivity contribution in [3.8, 4) is 16.9 Å². The second-order valence-corrected chi connectivity index (χ2v) is 17.1. The first-order valence-corrected chi connectivity index (χ1v) is 20.0. The number of ether oxygens (including phenoxy) is 1. The lowest BCUT2D eigenvalue weighted by Gasteiger charge is -2.26. The predicted octanol–water partition coefficient (Wildman–Crippen LogP) is 10.8. The molecular weight excluding hydrogens is 720 g/mol. The average Bonchev–Trinajstić information content (AvgIpc) is 3.01. The Labute approximate surface area is 284 Å². The van der Waals surface area contributed by atoms with Crippen molar-refractivity contribution < 1.29 is 40.7 Å². The Morgan fingerprint density at radius 3 is 1.93 bits per heavy atom. The fourth-order valence-corrected chi connectivity index (χ4v) is 9.45. The van der Waals surface area contributed by atoms with Crippen LogP contribution in [-0.2, 0) is 44.4 Å². The fourth-order valence-electron chi connectivity index (χ4n) is 4.87. The van der Waals surface area contributed by atoms with Crippen molar-refractivity contribution in [3.05, 3.63) is 81.8 Å². The minimum absolute atomic E-state index is 0.0806. The SMILES string of the molecule is CCOP(=O)(OCC)C(F)(F)c1ccc(CSCc2ccc(-c3ccc(OC(C)CC(C)C)c(P(=O)(OC)OC)c3)cc2)cc1Br. The maximum Gasteiger partial charge on any atom is 0.404 e. The number of alkyl halides is 2. The zero-order valence-electron chi connectivity index (χ0n) is 27.3. The van der Waals surface area contributed by atoms with Crippen molar-refractivity contribution in [2.45, 2.75) is 64.3 Å². The van der Waals surface area contributed by atoms with Gasteiger partial charge in [0.25, 0.3) is 0 Å². The maximum atomic E-state index is 15.2. The normalized spacial score (nSPS) is 13.3. The Kier molecular flexibility index (Phi) is 14.6. The molecule has 3 aromatic rings. The van der Waals surface area contributed by atoms with Gasteiger partial charge in [-0.2, -0.15) is 20.5 Å². The molecule has 46 heavy (non-hydrogen) atoms. The molecule has 0 aromatic heterocycles. The largest absolute Gasteiger partial charge is 0.490 e. The van der Waals surface area contributed by atoms with Crippen molar-refractivity contribution in [2.24, 2.45) is 5.92 Å². The van der Waals surface area contributed by atoms with E-state index in [1.54, 1.807) is 30.0 Å². The van der Waals surface area contributed by atoms with E-state index in [1.807, 2.05) is 43.3 Å². The summed E-state index contributed by atoms with van der Waals surface area (Å²) in [4.78, 5) is 0. The molecule has 1 unspecified atom stereocenters. The lowest BCUT2D eigenvalue weighted by molar-refractivity contribution is 0.0354. The summed E-state index contributed by atoms with van der Waals surface area (Å²) in [6, 6.07) is 18.0. The lowest BCUT2D eigenvalue weighted by Crippen LogP contribution is -2.20. The van der Waals surface area contributed by atoms with E-state index >= 15 is 8.78 Å². The molecule has 0 spiro atoms. The van der Waals surface area contributed by atoms with Crippen LogP contribution in [0.1, 0.15) is 57.7 Å². The van der Waals surface area contributed by atoms with Gasteiger partial charge in [0.05, 0.1) is 19.3 Å². The van der Waals surface area contributed by atoms with Crippen LogP contribution in [0.25, 0.3) is 11.1 Å². The van der Waals surface area contributed by atoms with E-state index in [0.29, 0.717) is 28.5 Å². The van der Waals surface area contributed by atoms with Gasteiger partial charge in [0.2, 0.25) is 0 Å². The molecule has 1 atom stereocenters. The van der Waals surface area contributed by atoms with Gasteiger partial charge in [-0.1, -0.05) is 72.2 Å². The number of hydrogen-bond donors (Lipinski definition) is 0. The van der Waals surface area contributed by atoms with Gasteiger partial charge in [-0.05, 0) is 73.6 Å². The molecule has 254 valence electrons. The average molecular weight is 764 g/mol. The first-order chi connectivity index (χ1) is 21.7. The summed E-state index contributed by atoms with van der Waals surface area (Å²) < 4.78 is 83.5. The Bertz CT molecular complexity index is 1520. The molecule has 7 nitrogen and oxygen atoms in total. The van der Waals surface area contributed by atoms with Crippen LogP contribution in [0.4, 0.5) is 8.78 Å². The van der Waals surface area contributed by atoms with Gasteiger partial charge < -0.3 is 22.8 Å². The molecule has 0 heterocycles. The van der Waals surface area contributed by atoms with Crippen LogP contribution in [0.2, 0.25) is 0 Å². The van der Waals surface area contributed by atoms with E-state index in [4.69, 9.17) is 22.8 Å². The maximum absolute atomic E-state index is 15.2. The molecule has 0 bridgehead atoms. The third-order valence-corrected chi connectivity index (χ3v) is 12.7. The van der Waals surface area contributed by atoms with E-state index in [9.17, 15) is 9.13 Å². The second kappa shape index (κ2) is 17.2. The van der Waals surface area contributed by atoms with Crippen LogP contribution < -0.4 is 10.0 Å². The van der Waals surface area contributed by atoms with E-state index in [1.165, 1.54) is 34.1 Å². The molecule has 0 aliphatic heterocycles. The van der Waals surface area contributed by atoms with Crippen molar-refractivity contribution >= 4 is 48.2 Å². The smallest absolute Gasteiger partial charge is 0.404 e. The van der Waals surface area contributed by atoms with E-state index < -0.39 is 26.4 Å². The molecule has 3 rings (SSSR count). The molecule has 13 heteroatoms. The summed E-state index contributed by atoms with van der Waals surface area (Å²) in [5.74, 6) is 2.18. The summed E-state index contributed by atoms with van der Waals surface area (Å²) in [7, 11) is -5.58. The number of thioether (sulfide) groups is 1. The van der Waals surface area contributed by atoms with Crippen LogP contribution >= 0.6 is 42.9 Å². The molecule has 0 N–H and O–H groups in total. The summed E-state index contributed by atoms with van der Waals surface area (Å²) in [6.45, 7) is 8.89. The van der Waals surface area contributed by atoms with Gasteiger partial charge in [-0.15, -0.1) is 0 Å². The molecule has 0 aliphatic rings. The molecule has 0 saturated heterocycles. The summed E-state index contributed by atoms with van der Waals surface area (Å²) in [6.07, 6.45) is 0.762. The van der Waals surface area contributed by atoms with Gasteiger partial charge in [-0.25, -0.2) is 0 Å². The molecule has 0 amide bonds. The topological polar surface area (TPSA) is 80.3 Å². The fraction of sp³-hybridized carbons (Fsp3) is 0.455. The lowest BCUT2D eigenvalue weighted by atomic mass is 10.0. The van der Waals surface area contributed by atoms with Crippen molar-refractivity contribution in [1.29, 1.82) is 0 Å². The van der Waals surface area contributed by atoms with Gasteiger partial charge >= 0.3 is 20.9 Å². The standard InChI is InChI=1S/C33H43BrF2O7P2S/c1-8-41-45(38,42-9-2)33(35,36)29-16-12-26(19-30(29)34)22-46-21-25-10-13-27(14-11-25)28-15-17-31(43-24(5)18-23(3)4)32(20-28)44(37,39-6)40-7/h10-17,19-20,23-24H,8-9,18,21-22H2,1-7H3. The Morgan fingerprint density at radius 1 is 0.826 bits per heavy atom. The zero-order chi connectivity index (χ0) is 34.1. The third kappa shape index (κ3) is 9.54. The molecule has 0 aliphatic carbocycles. The highest BCUT2D eigenvalue weighted by Crippen LogP contribution is 2.67. The first kappa shape index (κ1) is 38.9. The summed E-state index contributed by atoms with van der Waals surface area (Å²) >= 11 is 4.86. The molecular formula is C33H43BrF2O7P2S. The Balaban J connectivity index is 1.72. The van der Waals surface area contributed by atoms with Gasteiger partial charge in [0, 0.05) is 35.8 Å². The highest BCUT2D eigenvalue weighted by atomic mass is 79.9. The van der Waals surface area contributed by atoms with Crippen molar-refractivity contribution in [1.82, 2.24) is 0 Å². The number of halogens is 3. The van der Waals surface area contributed by atoms with Gasteiger partial charge in [0.15, 0.2) is 0 Å². The second-order valence-electron chi connectivity index (χ2n) is 11.0. The van der Waals surface area contributed by atoms with Crippen molar-refractivity contribution in [3.63, 3.8) is 0 Å². The quantitative estimate of drug-likeness (QED) is 0.119. The Morgan fingerprint density at radius 2 is 1.39 bits per heavy atom. The van der Waals surface area contributed by atoms with Crippen LogP contribution in [0.15, 0.2) is 65.1 Å². The Hall–Kier alpha value is -1.55. The van der Waals surface area contributed by atoms with E-state index in [2.05, 4.69) is 29.8 Å². The van der Waals surface area contributed by atoms with Crippen LogP contribution in [0.5, 0.6) is 5.75 Å². The highest BCUT2D eigenvalue weighted by molar-refractivity contribution is 9.10. The number of benzene rings is 3. The monoisotopic (exact) mass is 762 g/mol. The summed E-state index contributed by atoms with van der Waals surface area (Å²) in [5, 5.41) is 0.374. The third-order valence-electron chi connectivity index (χ3n) is 6.99. The molecule has 3 aromatic carbocycles. The van der Waals surface area contributed by atoms with Crippen LogP contribution in [0.3, 0.4) is 0 Å². The number of hydrogen-bond acceptors (Lipinski definition) is 8. The minimum Gasteiger partial charge on any atom is -0.490 e. The van der Waals surface area contributed by atoms with E-state index in [-0.39, 0.29) is 23.8 Å². The summed E-state index contributed by atoms with van der Waals surface area (Å²) in [5.41, 5.74) is -0.585. The van der Waals surface area contributed by atoms with Gasteiger partial charge in [0.1, 0.15) is 11.1 Å². The molecule has 0 fully saturated rings. The number of rotatable bonds is 18. The molecule has 0 radical (unpaired) electrons. The van der Waals surface area contributed by atoms with Crippen molar-refractivity contribution in [2.75, 3.05) is 27.4 Å². The van der Waals surface area contributed by atoms with Gasteiger partial charge in [-0.3, -0.25) is 9.13 Å². The van der Waals surface area contributed by atoms with E-state index in [0.717, 1.165) is 28.7 Å². The van der Waals surface area contributed by atoms with Crippen LogP contribution in [0, 0.1) is 5.92 Å². The van der Waals surface area contributed by atoms with Crippen LogP contribution in [-0.4, -0.2) is 33.5 Å². The molecule has 0 saturated carbocycles. The predicted molar refractivity (Wildman–Crippen MR) is 187 cm³/mol.